The first-order chi connectivity index (χ1) is 18.1. The van der Waals surface area contributed by atoms with Crippen molar-refractivity contribution >= 4 is 11.5 Å². The number of nitrogens with zero attached hydrogens (tertiary/aromatic N) is 1. The summed E-state index contributed by atoms with van der Waals surface area (Å²) < 4.78 is 0. The lowest BCUT2D eigenvalue weighted by Crippen LogP contribution is -2.14. The van der Waals surface area contributed by atoms with E-state index < -0.39 is 0 Å². The Bertz CT molecular complexity index is 1170. The zero-order valence-electron chi connectivity index (χ0n) is 22.4. The van der Waals surface area contributed by atoms with Crippen LogP contribution in [-0.2, 0) is 17.6 Å². The molecule has 1 unspecified atom stereocenters. The third kappa shape index (κ3) is 7.06. The Hall–Kier alpha value is -3.00. The Morgan fingerprint density at radius 3 is 2.35 bits per heavy atom. The van der Waals surface area contributed by atoms with Crippen LogP contribution in [0.4, 0.5) is 0 Å². The van der Waals surface area contributed by atoms with Crippen LogP contribution in [0.3, 0.4) is 0 Å². The minimum Gasteiger partial charge on any atom is -0.295 e. The molecule has 0 aromatic heterocycles. The Morgan fingerprint density at radius 2 is 1.59 bits per heavy atom. The number of allylic oxidation sites excluding steroid dienone is 5. The molecular formula is C35H41NO. The summed E-state index contributed by atoms with van der Waals surface area (Å²) in [5, 5.41) is 0. The zero-order valence-corrected chi connectivity index (χ0v) is 22.4. The van der Waals surface area contributed by atoms with Gasteiger partial charge >= 0.3 is 0 Å². The molecule has 0 radical (unpaired) electrons. The molecule has 5 rings (SSSR count). The molecule has 0 amide bonds. The van der Waals surface area contributed by atoms with E-state index in [0.717, 1.165) is 49.5 Å². The highest BCUT2D eigenvalue weighted by Crippen LogP contribution is 2.33. The molecule has 1 saturated carbocycles. The zero-order chi connectivity index (χ0) is 25.5. The predicted molar refractivity (Wildman–Crippen MR) is 155 cm³/mol. The van der Waals surface area contributed by atoms with E-state index in [1.165, 1.54) is 66.5 Å². The van der Waals surface area contributed by atoms with Crippen molar-refractivity contribution in [2.24, 2.45) is 16.8 Å². The highest BCUT2D eigenvalue weighted by Gasteiger charge is 2.23. The largest absolute Gasteiger partial charge is 0.295 e. The van der Waals surface area contributed by atoms with E-state index in [4.69, 9.17) is 4.99 Å². The summed E-state index contributed by atoms with van der Waals surface area (Å²) >= 11 is 0. The highest BCUT2D eigenvalue weighted by atomic mass is 16.1. The van der Waals surface area contributed by atoms with E-state index in [1.54, 1.807) is 6.08 Å². The van der Waals surface area contributed by atoms with E-state index in [2.05, 4.69) is 61.5 Å². The third-order valence-corrected chi connectivity index (χ3v) is 8.61. The Balaban J connectivity index is 1.18. The van der Waals surface area contributed by atoms with Crippen LogP contribution in [0.1, 0.15) is 87.3 Å². The van der Waals surface area contributed by atoms with Crippen LogP contribution >= 0.6 is 0 Å². The van der Waals surface area contributed by atoms with Crippen LogP contribution in [0.2, 0.25) is 0 Å². The molecule has 1 aliphatic heterocycles. The lowest BCUT2D eigenvalue weighted by atomic mass is 9.83. The smallest absolute Gasteiger partial charge is 0.159 e. The summed E-state index contributed by atoms with van der Waals surface area (Å²) in [7, 11) is 0. The topological polar surface area (TPSA) is 29.4 Å². The van der Waals surface area contributed by atoms with Crippen LogP contribution in [0.5, 0.6) is 0 Å². The molecule has 0 N–H and O–H groups in total. The van der Waals surface area contributed by atoms with Gasteiger partial charge in [-0.15, -0.1) is 0 Å². The molecule has 2 heteroatoms. The first-order valence-electron chi connectivity index (χ1n) is 14.4. The monoisotopic (exact) mass is 491 g/mol. The van der Waals surface area contributed by atoms with Crippen molar-refractivity contribution < 1.29 is 4.79 Å². The molecule has 3 aliphatic rings. The van der Waals surface area contributed by atoms with Crippen molar-refractivity contribution in [2.75, 3.05) is 0 Å². The molecule has 192 valence electrons. The quantitative estimate of drug-likeness (QED) is 0.397. The van der Waals surface area contributed by atoms with Gasteiger partial charge in [0.25, 0.3) is 0 Å². The van der Waals surface area contributed by atoms with E-state index in [1.807, 2.05) is 18.3 Å². The summed E-state index contributed by atoms with van der Waals surface area (Å²) in [5.74, 6) is 1.87. The lowest BCUT2D eigenvalue weighted by Gasteiger charge is -2.23. The van der Waals surface area contributed by atoms with Gasteiger partial charge in [-0.05, 0) is 90.3 Å². The second-order valence-corrected chi connectivity index (χ2v) is 11.4. The number of fused-ring (bicyclic) bond motifs is 1. The van der Waals surface area contributed by atoms with Gasteiger partial charge in [0, 0.05) is 24.3 Å². The second kappa shape index (κ2) is 12.5. The maximum Gasteiger partial charge on any atom is 0.159 e. The first kappa shape index (κ1) is 25.6. The number of benzene rings is 2. The number of ketones is 1. The van der Waals surface area contributed by atoms with E-state index in [-0.39, 0.29) is 11.7 Å². The lowest BCUT2D eigenvalue weighted by molar-refractivity contribution is -0.118. The number of hydrogen-bond acceptors (Lipinski definition) is 2. The van der Waals surface area contributed by atoms with Crippen molar-refractivity contribution in [3.63, 3.8) is 0 Å². The standard InChI is InChI=1S/C35H41NO/c1-26-7-5-11-29(12-6-8-26)30-16-13-27(14-17-30)15-20-34-21-18-31-24-33(23-28-9-3-2-4-10-28)35(37)22-19-32(31)25-36-34/h2-4,9-10,13-14,16-19,22,25-26,29,33H,5-8,11-12,15,20-21,23-24H2,1H3. The van der Waals surface area contributed by atoms with Crippen molar-refractivity contribution in [1.29, 1.82) is 0 Å². The molecule has 37 heavy (non-hydrogen) atoms. The molecule has 2 nitrogen and oxygen atoms in total. The van der Waals surface area contributed by atoms with Crippen LogP contribution in [-0.4, -0.2) is 11.5 Å². The molecule has 2 aliphatic carbocycles. The highest BCUT2D eigenvalue weighted by molar-refractivity contribution is 5.94. The molecule has 1 fully saturated rings. The second-order valence-electron chi connectivity index (χ2n) is 11.4. The van der Waals surface area contributed by atoms with E-state index >= 15 is 0 Å². The van der Waals surface area contributed by atoms with Gasteiger partial charge in [0.15, 0.2) is 5.78 Å². The van der Waals surface area contributed by atoms with E-state index in [0.29, 0.717) is 0 Å². The van der Waals surface area contributed by atoms with Crippen LogP contribution in [0.25, 0.3) is 0 Å². The molecule has 0 spiro atoms. The molecular weight excluding hydrogens is 450 g/mol. The summed E-state index contributed by atoms with van der Waals surface area (Å²) in [6.07, 6.45) is 20.7. The molecule has 0 bridgehead atoms. The Labute approximate surface area is 223 Å². The van der Waals surface area contributed by atoms with Crippen LogP contribution in [0, 0.1) is 11.8 Å². The van der Waals surface area contributed by atoms with Crippen molar-refractivity contribution in [3.05, 3.63) is 107 Å². The SMILES string of the molecule is CC1CCCC(c2ccc(CCC3=NC=C4C=CC(=O)C(Cc5ccccc5)CC4=CC3)cc2)CCC1. The van der Waals surface area contributed by atoms with Crippen LogP contribution in [0.15, 0.2) is 95.2 Å². The molecule has 2 aromatic carbocycles. The van der Waals surface area contributed by atoms with Gasteiger partial charge in [-0.1, -0.05) is 93.3 Å². The van der Waals surface area contributed by atoms with Gasteiger partial charge in [0.1, 0.15) is 0 Å². The fraction of sp³-hybridized carbons (Fsp3) is 0.429. The van der Waals surface area contributed by atoms with Gasteiger partial charge in [-0.25, -0.2) is 0 Å². The van der Waals surface area contributed by atoms with E-state index in [9.17, 15) is 4.79 Å². The van der Waals surface area contributed by atoms with Crippen LogP contribution < -0.4 is 0 Å². The Morgan fingerprint density at radius 1 is 0.838 bits per heavy atom. The normalized spacial score (nSPS) is 24.5. The number of aliphatic imine (C=N–C) groups is 1. The van der Waals surface area contributed by atoms with Gasteiger partial charge in [-0.3, -0.25) is 9.79 Å². The van der Waals surface area contributed by atoms with Crippen molar-refractivity contribution in [3.8, 4) is 0 Å². The first-order valence-corrected chi connectivity index (χ1v) is 14.4. The molecule has 1 atom stereocenters. The maximum atomic E-state index is 12.8. The number of carbonyl (C=O) groups excluding carboxylic acids is 1. The molecule has 0 saturated heterocycles. The van der Waals surface area contributed by atoms with Gasteiger partial charge in [0.2, 0.25) is 0 Å². The Kier molecular flexibility index (Phi) is 8.66. The minimum absolute atomic E-state index is 0.00268. The van der Waals surface area contributed by atoms with Crippen molar-refractivity contribution in [1.82, 2.24) is 0 Å². The summed E-state index contributed by atoms with van der Waals surface area (Å²) in [6.45, 7) is 2.41. The number of carbonyl (C=O) groups is 1. The number of aryl methyl sites for hydroxylation is 1. The molecule has 1 heterocycles. The summed E-state index contributed by atoms with van der Waals surface area (Å²) in [6, 6.07) is 19.8. The van der Waals surface area contributed by atoms with Crippen molar-refractivity contribution in [2.45, 2.75) is 83.5 Å². The number of hydrogen-bond donors (Lipinski definition) is 0. The fourth-order valence-corrected chi connectivity index (χ4v) is 6.21. The number of rotatable bonds is 6. The summed E-state index contributed by atoms with van der Waals surface area (Å²) in [4.78, 5) is 17.6. The maximum absolute atomic E-state index is 12.8. The molecule has 2 aromatic rings. The van der Waals surface area contributed by atoms with Gasteiger partial charge in [0.05, 0.1) is 0 Å². The van der Waals surface area contributed by atoms with Gasteiger partial charge < -0.3 is 0 Å². The third-order valence-electron chi connectivity index (χ3n) is 8.61. The van der Waals surface area contributed by atoms with Gasteiger partial charge in [-0.2, -0.15) is 0 Å². The minimum atomic E-state index is -0.00268. The average Bonchev–Trinajstić information content (AvgIpc) is 3.18. The predicted octanol–water partition coefficient (Wildman–Crippen LogP) is 8.74. The fourth-order valence-electron chi connectivity index (χ4n) is 6.21. The summed E-state index contributed by atoms with van der Waals surface area (Å²) in [5.41, 5.74) is 7.74. The average molecular weight is 492 g/mol.